The summed E-state index contributed by atoms with van der Waals surface area (Å²) in [6, 6.07) is 0.353. The van der Waals surface area contributed by atoms with E-state index in [1.54, 1.807) is 13.8 Å². The number of rotatable bonds is 5. The van der Waals surface area contributed by atoms with Crippen LogP contribution in [0.3, 0.4) is 0 Å². The molecule has 0 aliphatic heterocycles. The molecule has 1 aliphatic carbocycles. The fraction of sp³-hybridized carbons (Fsp3) is 0.923. The van der Waals surface area contributed by atoms with Crippen LogP contribution in [0, 0.1) is 5.92 Å². The minimum absolute atomic E-state index is 0.353. The molecule has 1 fully saturated rings. The second kappa shape index (κ2) is 5.67. The Hall–Kier alpha value is -0.570. The second-order valence-corrected chi connectivity index (χ2v) is 5.49. The van der Waals surface area contributed by atoms with Crippen LogP contribution in [-0.4, -0.2) is 22.7 Å². The topological polar surface area (TPSA) is 49.3 Å². The van der Waals surface area contributed by atoms with Crippen LogP contribution in [-0.2, 0) is 4.79 Å². The normalized spacial score (nSPS) is 20.7. The van der Waals surface area contributed by atoms with E-state index in [9.17, 15) is 4.79 Å². The quantitative estimate of drug-likeness (QED) is 0.759. The van der Waals surface area contributed by atoms with Crippen molar-refractivity contribution in [2.24, 2.45) is 5.92 Å². The van der Waals surface area contributed by atoms with Crippen molar-refractivity contribution in [2.75, 3.05) is 0 Å². The zero-order valence-electron chi connectivity index (χ0n) is 10.8. The highest BCUT2D eigenvalue weighted by Crippen LogP contribution is 2.28. The molecule has 1 rings (SSSR count). The fourth-order valence-corrected chi connectivity index (χ4v) is 2.62. The lowest BCUT2D eigenvalue weighted by Gasteiger charge is -2.35. The molecule has 0 amide bonds. The lowest BCUT2D eigenvalue weighted by molar-refractivity contribution is -0.144. The summed E-state index contributed by atoms with van der Waals surface area (Å²) in [5.74, 6) is -0.0980. The summed E-state index contributed by atoms with van der Waals surface area (Å²) >= 11 is 0. The lowest BCUT2D eigenvalue weighted by Crippen LogP contribution is -2.53. The third kappa shape index (κ3) is 3.48. The molecule has 1 atom stereocenters. The first kappa shape index (κ1) is 13.5. The van der Waals surface area contributed by atoms with Crippen LogP contribution in [0.25, 0.3) is 0 Å². The molecule has 3 heteroatoms. The summed E-state index contributed by atoms with van der Waals surface area (Å²) in [7, 11) is 0. The van der Waals surface area contributed by atoms with Gasteiger partial charge in [0.25, 0.3) is 0 Å². The molecule has 1 saturated carbocycles. The molecular formula is C13H25NO2. The Labute approximate surface area is 98.6 Å². The van der Waals surface area contributed by atoms with Gasteiger partial charge in [0, 0.05) is 6.04 Å². The van der Waals surface area contributed by atoms with E-state index in [0.29, 0.717) is 12.0 Å². The van der Waals surface area contributed by atoms with Crippen molar-refractivity contribution in [3.63, 3.8) is 0 Å². The minimum Gasteiger partial charge on any atom is -0.480 e. The first-order valence-electron chi connectivity index (χ1n) is 6.48. The van der Waals surface area contributed by atoms with Gasteiger partial charge in [0.2, 0.25) is 0 Å². The van der Waals surface area contributed by atoms with Crippen LogP contribution in [0.5, 0.6) is 0 Å². The molecule has 1 aliphatic rings. The monoisotopic (exact) mass is 227 g/mol. The summed E-state index contributed by atoms with van der Waals surface area (Å²) in [6.07, 6.45) is 7.46. The molecule has 0 radical (unpaired) electrons. The van der Waals surface area contributed by atoms with Crippen molar-refractivity contribution in [2.45, 2.75) is 70.9 Å². The van der Waals surface area contributed by atoms with Gasteiger partial charge in [0.1, 0.15) is 5.54 Å². The van der Waals surface area contributed by atoms with Crippen molar-refractivity contribution >= 4 is 5.97 Å². The summed E-state index contributed by atoms with van der Waals surface area (Å²) in [5, 5.41) is 12.4. The number of aliphatic carboxylic acids is 1. The number of carboxylic acid groups (broad SMARTS) is 1. The second-order valence-electron chi connectivity index (χ2n) is 5.49. The molecule has 0 aromatic heterocycles. The van der Waals surface area contributed by atoms with E-state index in [0.717, 1.165) is 6.42 Å². The van der Waals surface area contributed by atoms with E-state index >= 15 is 0 Å². The molecule has 3 nitrogen and oxygen atoms in total. The van der Waals surface area contributed by atoms with E-state index in [-0.39, 0.29) is 0 Å². The Bertz CT molecular complexity index is 232. The maximum absolute atomic E-state index is 11.1. The Morgan fingerprint density at radius 1 is 1.38 bits per heavy atom. The summed E-state index contributed by atoms with van der Waals surface area (Å²) in [5.41, 5.74) is -0.807. The molecule has 0 heterocycles. The van der Waals surface area contributed by atoms with E-state index in [2.05, 4.69) is 12.2 Å². The molecule has 2 N–H and O–H groups in total. The van der Waals surface area contributed by atoms with Crippen molar-refractivity contribution in [1.29, 1.82) is 0 Å². The Balaban J connectivity index is 2.56. The highest BCUT2D eigenvalue weighted by Gasteiger charge is 2.32. The molecule has 0 saturated heterocycles. The number of carboxylic acids is 1. The number of hydrogen-bond donors (Lipinski definition) is 2. The predicted molar refractivity (Wildman–Crippen MR) is 65.5 cm³/mol. The average Bonchev–Trinajstić information content (AvgIpc) is 2.27. The van der Waals surface area contributed by atoms with Gasteiger partial charge in [-0.3, -0.25) is 10.1 Å². The van der Waals surface area contributed by atoms with Crippen molar-refractivity contribution in [3.8, 4) is 0 Å². The average molecular weight is 227 g/mol. The third-order valence-electron chi connectivity index (χ3n) is 3.74. The van der Waals surface area contributed by atoms with Crippen LogP contribution < -0.4 is 5.32 Å². The van der Waals surface area contributed by atoms with Crippen molar-refractivity contribution in [3.05, 3.63) is 0 Å². The smallest absolute Gasteiger partial charge is 0.323 e. The molecule has 0 aromatic rings. The van der Waals surface area contributed by atoms with Crippen LogP contribution in [0.1, 0.15) is 59.3 Å². The summed E-state index contributed by atoms with van der Waals surface area (Å²) in [4.78, 5) is 11.1. The Kier molecular flexibility index (Phi) is 4.78. The SMILES string of the molecule is CCC(NC(C)(C)C(=O)O)C1CCCCC1. The largest absolute Gasteiger partial charge is 0.480 e. The number of nitrogens with one attached hydrogen (secondary N) is 1. The van der Waals surface area contributed by atoms with E-state index in [4.69, 9.17) is 5.11 Å². The molecule has 94 valence electrons. The van der Waals surface area contributed by atoms with Gasteiger partial charge in [-0.15, -0.1) is 0 Å². The molecule has 1 unspecified atom stereocenters. The zero-order valence-corrected chi connectivity index (χ0v) is 10.8. The van der Waals surface area contributed by atoms with Gasteiger partial charge in [0.05, 0.1) is 0 Å². The first-order valence-corrected chi connectivity index (χ1v) is 6.48. The number of hydrogen-bond acceptors (Lipinski definition) is 2. The van der Waals surface area contributed by atoms with Gasteiger partial charge >= 0.3 is 5.97 Å². The highest BCUT2D eigenvalue weighted by molar-refractivity contribution is 5.77. The van der Waals surface area contributed by atoms with Crippen molar-refractivity contribution < 1.29 is 9.90 Å². The van der Waals surface area contributed by atoms with Gasteiger partial charge in [-0.1, -0.05) is 26.2 Å². The van der Waals surface area contributed by atoms with Crippen LogP contribution in [0.4, 0.5) is 0 Å². The van der Waals surface area contributed by atoms with Gasteiger partial charge in [-0.05, 0) is 39.0 Å². The lowest BCUT2D eigenvalue weighted by atomic mass is 9.82. The van der Waals surface area contributed by atoms with Gasteiger partial charge in [-0.25, -0.2) is 0 Å². The van der Waals surface area contributed by atoms with Gasteiger partial charge < -0.3 is 5.11 Å². The maximum atomic E-state index is 11.1. The van der Waals surface area contributed by atoms with Crippen LogP contribution >= 0.6 is 0 Å². The van der Waals surface area contributed by atoms with Crippen LogP contribution in [0.2, 0.25) is 0 Å². The highest BCUT2D eigenvalue weighted by atomic mass is 16.4. The van der Waals surface area contributed by atoms with E-state index in [1.807, 2.05) is 0 Å². The first-order chi connectivity index (χ1) is 7.47. The molecule has 0 spiro atoms. The summed E-state index contributed by atoms with van der Waals surface area (Å²) < 4.78 is 0. The zero-order chi connectivity index (χ0) is 12.2. The fourth-order valence-electron chi connectivity index (χ4n) is 2.62. The van der Waals surface area contributed by atoms with Gasteiger partial charge in [-0.2, -0.15) is 0 Å². The Morgan fingerprint density at radius 2 is 1.94 bits per heavy atom. The third-order valence-corrected chi connectivity index (χ3v) is 3.74. The molecule has 0 bridgehead atoms. The maximum Gasteiger partial charge on any atom is 0.323 e. The molecule has 0 aromatic carbocycles. The van der Waals surface area contributed by atoms with E-state index in [1.165, 1.54) is 32.1 Å². The van der Waals surface area contributed by atoms with Crippen LogP contribution in [0.15, 0.2) is 0 Å². The minimum atomic E-state index is -0.807. The predicted octanol–water partition coefficient (Wildman–Crippen LogP) is 2.80. The van der Waals surface area contributed by atoms with E-state index < -0.39 is 11.5 Å². The van der Waals surface area contributed by atoms with Crippen molar-refractivity contribution in [1.82, 2.24) is 5.32 Å². The molecule has 16 heavy (non-hydrogen) atoms. The summed E-state index contributed by atoms with van der Waals surface area (Å²) in [6.45, 7) is 5.64. The molecular weight excluding hydrogens is 202 g/mol. The standard InChI is InChI=1S/C13H25NO2/c1-4-11(10-8-6-5-7-9-10)14-13(2,3)12(15)16/h10-11,14H,4-9H2,1-3H3,(H,15,16). The van der Waals surface area contributed by atoms with Gasteiger partial charge in [0.15, 0.2) is 0 Å². The Morgan fingerprint density at radius 3 is 2.38 bits per heavy atom. The number of carbonyl (C=O) groups is 1.